The third kappa shape index (κ3) is 1.32. The van der Waals surface area contributed by atoms with E-state index in [9.17, 15) is 0 Å². The molecule has 68 valence electrons. The third-order valence-corrected chi connectivity index (χ3v) is 2.24. The molecule has 0 spiro atoms. The topological polar surface area (TPSA) is 17.8 Å². The highest BCUT2D eigenvalue weighted by Gasteiger charge is 2.04. The Kier molecular flexibility index (Phi) is 1.83. The Bertz CT molecular complexity index is 427. The predicted molar refractivity (Wildman–Crippen MR) is 54.9 cm³/mol. The van der Waals surface area contributed by atoms with E-state index in [1.807, 2.05) is 6.20 Å². The zero-order valence-corrected chi connectivity index (χ0v) is 8.28. The van der Waals surface area contributed by atoms with Gasteiger partial charge in [-0.1, -0.05) is 11.6 Å². The van der Waals surface area contributed by atoms with E-state index in [1.165, 1.54) is 16.5 Å². The van der Waals surface area contributed by atoms with Gasteiger partial charge in [-0.15, -0.1) is 0 Å². The van der Waals surface area contributed by atoms with Gasteiger partial charge in [-0.25, -0.2) is 0 Å². The highest BCUT2D eigenvalue weighted by atomic mass is 15.3. The van der Waals surface area contributed by atoms with Crippen molar-refractivity contribution in [2.24, 2.45) is 0 Å². The quantitative estimate of drug-likeness (QED) is 0.650. The first kappa shape index (κ1) is 8.30. The zero-order chi connectivity index (χ0) is 9.42. The largest absolute Gasteiger partial charge is 0.262 e. The number of aromatic nitrogens is 2. The van der Waals surface area contributed by atoms with Gasteiger partial charge in [0.15, 0.2) is 0 Å². The number of nitrogens with zero attached hydrogens (tertiary/aromatic N) is 2. The van der Waals surface area contributed by atoms with Crippen molar-refractivity contribution in [2.45, 2.75) is 26.8 Å². The first-order valence-electron chi connectivity index (χ1n) is 4.62. The molecule has 0 aliphatic rings. The summed E-state index contributed by atoms with van der Waals surface area (Å²) in [6.45, 7) is 6.39. The second kappa shape index (κ2) is 2.87. The summed E-state index contributed by atoms with van der Waals surface area (Å²) in [5.41, 5.74) is 2.51. The predicted octanol–water partition coefficient (Wildman–Crippen LogP) is 2.93. The van der Waals surface area contributed by atoms with Crippen molar-refractivity contribution in [1.82, 2.24) is 9.78 Å². The fourth-order valence-electron chi connectivity index (χ4n) is 1.58. The van der Waals surface area contributed by atoms with Crippen LogP contribution in [0.3, 0.4) is 0 Å². The first-order valence-corrected chi connectivity index (χ1v) is 4.62. The Morgan fingerprint density at radius 1 is 1.31 bits per heavy atom. The standard InChI is InChI=1S/C11H14N2/c1-8(2)13-11-5-4-9(3)6-10(11)7-12-13/h4-8H,1-3H3. The number of fused-ring (bicyclic) bond motifs is 1. The maximum absolute atomic E-state index is 4.35. The molecule has 0 radical (unpaired) electrons. The van der Waals surface area contributed by atoms with Crippen molar-refractivity contribution < 1.29 is 0 Å². The maximum Gasteiger partial charge on any atom is 0.0685 e. The highest BCUT2D eigenvalue weighted by molar-refractivity contribution is 5.79. The first-order chi connectivity index (χ1) is 6.18. The van der Waals surface area contributed by atoms with Gasteiger partial charge in [-0.3, -0.25) is 4.68 Å². The summed E-state index contributed by atoms with van der Waals surface area (Å²) in [4.78, 5) is 0. The van der Waals surface area contributed by atoms with E-state index in [0.29, 0.717) is 6.04 Å². The van der Waals surface area contributed by atoms with Crippen molar-refractivity contribution >= 4 is 10.9 Å². The van der Waals surface area contributed by atoms with Crippen molar-refractivity contribution in [2.75, 3.05) is 0 Å². The molecule has 0 aliphatic heterocycles. The van der Waals surface area contributed by atoms with Gasteiger partial charge in [0.2, 0.25) is 0 Å². The Morgan fingerprint density at radius 3 is 2.77 bits per heavy atom. The van der Waals surface area contributed by atoms with Crippen LogP contribution in [0.4, 0.5) is 0 Å². The van der Waals surface area contributed by atoms with Crippen LogP contribution in [0.25, 0.3) is 10.9 Å². The lowest BCUT2D eigenvalue weighted by Crippen LogP contribution is -2.01. The molecular formula is C11H14N2. The molecule has 0 fully saturated rings. The molecule has 2 heteroatoms. The molecule has 0 amide bonds. The molecule has 0 saturated carbocycles. The molecule has 0 atom stereocenters. The summed E-state index contributed by atoms with van der Waals surface area (Å²) >= 11 is 0. The fraction of sp³-hybridized carbons (Fsp3) is 0.364. The van der Waals surface area contributed by atoms with Crippen LogP contribution in [-0.4, -0.2) is 9.78 Å². The Balaban J connectivity index is 2.69. The van der Waals surface area contributed by atoms with Crippen molar-refractivity contribution in [1.29, 1.82) is 0 Å². The molecule has 13 heavy (non-hydrogen) atoms. The molecule has 2 nitrogen and oxygen atoms in total. The van der Waals surface area contributed by atoms with Crippen molar-refractivity contribution in [3.05, 3.63) is 30.0 Å². The average Bonchev–Trinajstić information content (AvgIpc) is 2.46. The summed E-state index contributed by atoms with van der Waals surface area (Å²) in [5, 5.41) is 5.58. The molecule has 0 saturated heterocycles. The van der Waals surface area contributed by atoms with Gasteiger partial charge < -0.3 is 0 Å². The summed E-state index contributed by atoms with van der Waals surface area (Å²) in [6, 6.07) is 6.86. The van der Waals surface area contributed by atoms with Gasteiger partial charge in [-0.2, -0.15) is 5.10 Å². The van der Waals surface area contributed by atoms with E-state index >= 15 is 0 Å². The van der Waals surface area contributed by atoms with Crippen LogP contribution in [0.5, 0.6) is 0 Å². The molecule has 1 aromatic carbocycles. The third-order valence-electron chi connectivity index (χ3n) is 2.24. The zero-order valence-electron chi connectivity index (χ0n) is 8.28. The van der Waals surface area contributed by atoms with Crippen LogP contribution in [0, 0.1) is 6.92 Å². The number of benzene rings is 1. The number of rotatable bonds is 1. The molecule has 0 N–H and O–H groups in total. The normalized spacial score (nSPS) is 11.4. The Hall–Kier alpha value is -1.31. The molecule has 1 heterocycles. The van der Waals surface area contributed by atoms with Crippen LogP contribution in [0.15, 0.2) is 24.4 Å². The molecular weight excluding hydrogens is 160 g/mol. The molecule has 0 unspecified atom stereocenters. The Morgan fingerprint density at radius 2 is 2.08 bits per heavy atom. The van der Waals surface area contributed by atoms with E-state index in [1.54, 1.807) is 0 Å². The van der Waals surface area contributed by atoms with Crippen LogP contribution >= 0.6 is 0 Å². The van der Waals surface area contributed by atoms with E-state index < -0.39 is 0 Å². The Labute approximate surface area is 78.2 Å². The summed E-state index contributed by atoms with van der Waals surface area (Å²) in [6.07, 6.45) is 1.93. The van der Waals surface area contributed by atoms with E-state index in [-0.39, 0.29) is 0 Å². The summed E-state index contributed by atoms with van der Waals surface area (Å²) < 4.78 is 2.05. The van der Waals surface area contributed by atoms with Gasteiger partial charge in [0.1, 0.15) is 0 Å². The maximum atomic E-state index is 4.35. The monoisotopic (exact) mass is 174 g/mol. The van der Waals surface area contributed by atoms with Crippen molar-refractivity contribution in [3.63, 3.8) is 0 Å². The average molecular weight is 174 g/mol. The molecule has 0 bridgehead atoms. The molecule has 2 rings (SSSR count). The van der Waals surface area contributed by atoms with E-state index in [2.05, 4.69) is 48.8 Å². The van der Waals surface area contributed by atoms with E-state index in [4.69, 9.17) is 0 Å². The fourth-order valence-corrected chi connectivity index (χ4v) is 1.58. The minimum Gasteiger partial charge on any atom is -0.262 e. The lowest BCUT2D eigenvalue weighted by molar-refractivity contribution is 0.551. The van der Waals surface area contributed by atoms with Gasteiger partial charge in [0, 0.05) is 11.4 Å². The van der Waals surface area contributed by atoms with Gasteiger partial charge in [0.05, 0.1) is 11.7 Å². The summed E-state index contributed by atoms with van der Waals surface area (Å²) in [7, 11) is 0. The van der Waals surface area contributed by atoms with Crippen LogP contribution < -0.4 is 0 Å². The molecule has 1 aromatic heterocycles. The lowest BCUT2D eigenvalue weighted by atomic mass is 10.2. The van der Waals surface area contributed by atoms with E-state index in [0.717, 1.165) is 0 Å². The number of hydrogen-bond acceptors (Lipinski definition) is 1. The number of aryl methyl sites for hydroxylation is 1. The van der Waals surface area contributed by atoms with Crippen molar-refractivity contribution in [3.8, 4) is 0 Å². The summed E-state index contributed by atoms with van der Waals surface area (Å²) in [5.74, 6) is 0. The van der Waals surface area contributed by atoms with Crippen LogP contribution in [0.1, 0.15) is 25.5 Å². The number of hydrogen-bond donors (Lipinski definition) is 0. The minimum absolute atomic E-state index is 0.431. The van der Waals surface area contributed by atoms with Crippen LogP contribution in [0.2, 0.25) is 0 Å². The SMILES string of the molecule is Cc1ccc2c(cnn2C(C)C)c1. The molecule has 2 aromatic rings. The second-order valence-corrected chi connectivity index (χ2v) is 3.75. The minimum atomic E-state index is 0.431. The molecule has 0 aliphatic carbocycles. The second-order valence-electron chi connectivity index (χ2n) is 3.75. The van der Waals surface area contributed by atoms with Gasteiger partial charge >= 0.3 is 0 Å². The van der Waals surface area contributed by atoms with Gasteiger partial charge in [0.25, 0.3) is 0 Å². The highest BCUT2D eigenvalue weighted by Crippen LogP contribution is 2.18. The van der Waals surface area contributed by atoms with Gasteiger partial charge in [-0.05, 0) is 32.9 Å². The van der Waals surface area contributed by atoms with Crippen LogP contribution in [-0.2, 0) is 0 Å². The smallest absolute Gasteiger partial charge is 0.0685 e. The lowest BCUT2D eigenvalue weighted by Gasteiger charge is -2.06.